The van der Waals surface area contributed by atoms with Gasteiger partial charge in [0.15, 0.2) is 0 Å². The lowest BCUT2D eigenvalue weighted by molar-refractivity contribution is 0.0663. The van der Waals surface area contributed by atoms with Crippen LogP contribution in [0.4, 0.5) is 0 Å². The first-order chi connectivity index (χ1) is 10.6. The van der Waals surface area contributed by atoms with Gasteiger partial charge in [-0.1, -0.05) is 13.0 Å². The molecule has 0 fully saturated rings. The predicted octanol–water partition coefficient (Wildman–Crippen LogP) is 3.90. The summed E-state index contributed by atoms with van der Waals surface area (Å²) in [4.78, 5) is 18.3. The maximum absolute atomic E-state index is 11.1. The van der Waals surface area contributed by atoms with Crippen molar-refractivity contribution in [2.45, 2.75) is 26.4 Å². The summed E-state index contributed by atoms with van der Waals surface area (Å²) in [7, 11) is 0. The van der Waals surface area contributed by atoms with E-state index in [2.05, 4.69) is 23.0 Å². The van der Waals surface area contributed by atoms with E-state index in [1.807, 2.05) is 19.1 Å². The molecule has 5 nitrogen and oxygen atoms in total. The number of H-pyrrole nitrogens is 1. The highest BCUT2D eigenvalue weighted by Crippen LogP contribution is 2.29. The monoisotopic (exact) mass is 298 g/mol. The minimum absolute atomic E-state index is 0.00933. The van der Waals surface area contributed by atoms with E-state index in [1.54, 1.807) is 12.3 Å². The second-order valence-electron chi connectivity index (χ2n) is 5.36. The van der Waals surface area contributed by atoms with Crippen LogP contribution < -0.4 is 0 Å². The molecule has 0 radical (unpaired) electrons. The molecule has 1 aromatic carbocycles. The number of pyridine rings is 1. The second-order valence-corrected chi connectivity index (χ2v) is 5.36. The number of aromatic carboxylic acids is 1. The minimum Gasteiger partial charge on any atom is -0.477 e. The van der Waals surface area contributed by atoms with Gasteiger partial charge < -0.3 is 14.8 Å². The summed E-state index contributed by atoms with van der Waals surface area (Å²) in [6, 6.07) is 7.69. The van der Waals surface area contributed by atoms with Crippen molar-refractivity contribution in [3.63, 3.8) is 0 Å². The van der Waals surface area contributed by atoms with Gasteiger partial charge in [0.1, 0.15) is 5.69 Å². The van der Waals surface area contributed by atoms with Gasteiger partial charge in [0.25, 0.3) is 0 Å². The van der Waals surface area contributed by atoms with Crippen LogP contribution in [0.5, 0.6) is 0 Å². The fraction of sp³-hybridized carbons (Fsp3) is 0.294. The van der Waals surface area contributed by atoms with Gasteiger partial charge in [-0.2, -0.15) is 0 Å². The van der Waals surface area contributed by atoms with E-state index in [0.717, 1.165) is 40.4 Å². The molecule has 22 heavy (non-hydrogen) atoms. The average molecular weight is 298 g/mol. The zero-order valence-electron chi connectivity index (χ0n) is 12.6. The van der Waals surface area contributed by atoms with E-state index < -0.39 is 5.97 Å². The van der Waals surface area contributed by atoms with E-state index in [4.69, 9.17) is 9.84 Å². The van der Waals surface area contributed by atoms with Crippen molar-refractivity contribution in [3.8, 4) is 0 Å². The summed E-state index contributed by atoms with van der Waals surface area (Å²) < 4.78 is 5.76. The number of nitrogens with zero attached hydrogens (tertiary/aromatic N) is 1. The smallest absolute Gasteiger partial charge is 0.354 e. The Hall–Kier alpha value is -2.40. The molecule has 2 N–H and O–H groups in total. The van der Waals surface area contributed by atoms with Crippen LogP contribution in [0.25, 0.3) is 21.8 Å². The Morgan fingerprint density at radius 2 is 2.09 bits per heavy atom. The largest absolute Gasteiger partial charge is 0.477 e. The molecule has 1 atom stereocenters. The number of hydrogen-bond donors (Lipinski definition) is 2. The van der Waals surface area contributed by atoms with E-state index >= 15 is 0 Å². The SMILES string of the molecule is CCCOC(C)c1ccc2[nH]c3cnc(C(=O)O)cc3c2c1. The van der Waals surface area contributed by atoms with Gasteiger partial charge in [-0.3, -0.25) is 0 Å². The summed E-state index contributed by atoms with van der Waals surface area (Å²) in [5, 5.41) is 11.0. The zero-order valence-corrected chi connectivity index (χ0v) is 12.6. The lowest BCUT2D eigenvalue weighted by atomic mass is 10.1. The molecular formula is C17H18N2O3. The van der Waals surface area contributed by atoms with Crippen LogP contribution in [0.1, 0.15) is 42.4 Å². The maximum atomic E-state index is 11.1. The number of ether oxygens (including phenoxy) is 1. The van der Waals surface area contributed by atoms with Crippen LogP contribution >= 0.6 is 0 Å². The molecule has 114 valence electrons. The molecule has 2 heterocycles. The second kappa shape index (κ2) is 5.77. The molecule has 0 amide bonds. The molecular weight excluding hydrogens is 280 g/mol. The van der Waals surface area contributed by atoms with Crippen LogP contribution in [0.2, 0.25) is 0 Å². The molecule has 0 aliphatic heterocycles. The normalized spacial score (nSPS) is 12.8. The van der Waals surface area contributed by atoms with Crippen molar-refractivity contribution in [2.75, 3.05) is 6.61 Å². The molecule has 5 heteroatoms. The summed E-state index contributed by atoms with van der Waals surface area (Å²) >= 11 is 0. The average Bonchev–Trinajstić information content (AvgIpc) is 2.89. The van der Waals surface area contributed by atoms with Gasteiger partial charge in [-0.25, -0.2) is 9.78 Å². The molecule has 0 spiro atoms. The van der Waals surface area contributed by atoms with E-state index in [1.165, 1.54) is 0 Å². The van der Waals surface area contributed by atoms with Gasteiger partial charge in [0.2, 0.25) is 0 Å². The number of carbonyl (C=O) groups is 1. The third-order valence-corrected chi connectivity index (χ3v) is 3.77. The van der Waals surface area contributed by atoms with E-state index in [9.17, 15) is 4.79 Å². The fourth-order valence-corrected chi connectivity index (χ4v) is 2.58. The van der Waals surface area contributed by atoms with Crippen molar-refractivity contribution < 1.29 is 14.6 Å². The third-order valence-electron chi connectivity index (χ3n) is 3.77. The van der Waals surface area contributed by atoms with Crippen molar-refractivity contribution >= 4 is 27.8 Å². The van der Waals surface area contributed by atoms with Crippen molar-refractivity contribution in [1.82, 2.24) is 9.97 Å². The van der Waals surface area contributed by atoms with Crippen LogP contribution in [-0.4, -0.2) is 27.7 Å². The summed E-state index contributed by atoms with van der Waals surface area (Å²) in [5.41, 5.74) is 2.93. The Balaban J connectivity index is 2.10. The lowest BCUT2D eigenvalue weighted by Gasteiger charge is -2.12. The first-order valence-electron chi connectivity index (χ1n) is 7.36. The number of nitrogens with one attached hydrogen (secondary N) is 1. The molecule has 0 aliphatic carbocycles. The third kappa shape index (κ3) is 2.55. The summed E-state index contributed by atoms with van der Waals surface area (Å²) in [5.74, 6) is -1.02. The number of aromatic nitrogens is 2. The molecule has 1 unspecified atom stereocenters. The topological polar surface area (TPSA) is 75.2 Å². The van der Waals surface area contributed by atoms with Crippen LogP contribution in [-0.2, 0) is 4.74 Å². The lowest BCUT2D eigenvalue weighted by Crippen LogP contribution is -2.00. The van der Waals surface area contributed by atoms with Crippen LogP contribution in [0.3, 0.4) is 0 Å². The van der Waals surface area contributed by atoms with Crippen LogP contribution in [0, 0.1) is 0 Å². The Labute approximate surface area is 127 Å². The Morgan fingerprint density at radius 1 is 1.32 bits per heavy atom. The zero-order chi connectivity index (χ0) is 15.7. The molecule has 3 aromatic rings. The Kier molecular flexibility index (Phi) is 3.81. The highest BCUT2D eigenvalue weighted by Gasteiger charge is 2.12. The van der Waals surface area contributed by atoms with Crippen LogP contribution in [0.15, 0.2) is 30.5 Å². The predicted molar refractivity (Wildman–Crippen MR) is 85.2 cm³/mol. The molecule has 0 aliphatic rings. The number of carboxylic acid groups (broad SMARTS) is 1. The fourth-order valence-electron chi connectivity index (χ4n) is 2.58. The first kappa shape index (κ1) is 14.5. The maximum Gasteiger partial charge on any atom is 0.354 e. The van der Waals surface area contributed by atoms with E-state index in [-0.39, 0.29) is 11.8 Å². The number of carboxylic acids is 1. The van der Waals surface area contributed by atoms with Gasteiger partial charge in [0.05, 0.1) is 17.8 Å². The quantitative estimate of drug-likeness (QED) is 0.749. The van der Waals surface area contributed by atoms with E-state index in [0.29, 0.717) is 0 Å². The molecule has 0 bridgehead atoms. The van der Waals surface area contributed by atoms with Crippen molar-refractivity contribution in [1.29, 1.82) is 0 Å². The van der Waals surface area contributed by atoms with Gasteiger partial charge >= 0.3 is 5.97 Å². The van der Waals surface area contributed by atoms with Crippen molar-refractivity contribution in [3.05, 3.63) is 41.7 Å². The minimum atomic E-state index is -1.02. The number of rotatable bonds is 5. The van der Waals surface area contributed by atoms with Gasteiger partial charge in [-0.05, 0) is 37.1 Å². The molecule has 0 saturated carbocycles. The summed E-state index contributed by atoms with van der Waals surface area (Å²) in [6.45, 7) is 4.83. The number of hydrogen-bond acceptors (Lipinski definition) is 3. The van der Waals surface area contributed by atoms with Gasteiger partial charge in [0, 0.05) is 22.9 Å². The standard InChI is InChI=1S/C17H18N2O3/c1-3-6-22-10(2)11-4-5-14-12(7-11)13-8-15(17(20)21)18-9-16(13)19-14/h4-5,7-10,19H,3,6H2,1-2H3,(H,20,21). The Bertz CT molecular complexity index is 838. The molecule has 0 saturated heterocycles. The first-order valence-corrected chi connectivity index (χ1v) is 7.36. The number of fused-ring (bicyclic) bond motifs is 3. The highest BCUT2D eigenvalue weighted by atomic mass is 16.5. The molecule has 3 rings (SSSR count). The van der Waals surface area contributed by atoms with Gasteiger partial charge in [-0.15, -0.1) is 0 Å². The molecule has 2 aromatic heterocycles. The highest BCUT2D eigenvalue weighted by molar-refractivity contribution is 6.08. The number of aromatic amines is 1. The summed E-state index contributed by atoms with van der Waals surface area (Å²) in [6.07, 6.45) is 2.55. The Morgan fingerprint density at radius 3 is 2.82 bits per heavy atom. The van der Waals surface area contributed by atoms with Crippen molar-refractivity contribution in [2.24, 2.45) is 0 Å². The number of benzene rings is 1.